The maximum atomic E-state index is 13.6. The van der Waals surface area contributed by atoms with Crippen molar-refractivity contribution in [2.75, 3.05) is 28.7 Å². The van der Waals surface area contributed by atoms with Gasteiger partial charge >= 0.3 is 12.2 Å². The Morgan fingerprint density at radius 2 is 1.88 bits per heavy atom. The Bertz CT molecular complexity index is 1620. The van der Waals surface area contributed by atoms with E-state index in [2.05, 4.69) is 30.8 Å². The Morgan fingerprint density at radius 3 is 2.70 bits per heavy atom. The largest absolute Gasteiger partial charge is 0.443 e. The van der Waals surface area contributed by atoms with Gasteiger partial charge in [0.2, 0.25) is 11.2 Å². The number of rotatable bonds is 5. The summed E-state index contributed by atoms with van der Waals surface area (Å²) in [5.74, 6) is -0.669. The smallest absolute Gasteiger partial charge is 0.402 e. The Balaban J connectivity index is 1.22. The van der Waals surface area contributed by atoms with Gasteiger partial charge in [0.15, 0.2) is 5.69 Å². The zero-order chi connectivity index (χ0) is 27.4. The number of hydrogen-bond acceptors (Lipinski definition) is 10. The number of nitrogens with zero attached hydrogens (tertiary/aromatic N) is 5. The number of benzene rings is 2. The van der Waals surface area contributed by atoms with Gasteiger partial charge in [0.05, 0.1) is 30.2 Å². The lowest BCUT2D eigenvalue weighted by Gasteiger charge is -2.27. The van der Waals surface area contributed by atoms with Gasteiger partial charge < -0.3 is 24.7 Å². The second-order valence-corrected chi connectivity index (χ2v) is 10.4. The first-order valence-corrected chi connectivity index (χ1v) is 13.3. The van der Waals surface area contributed by atoms with Crippen molar-refractivity contribution in [3.8, 4) is 11.6 Å². The molecule has 3 atom stereocenters. The molecular formula is C26H20F3N7O3S. The molecule has 2 aliphatic heterocycles. The fourth-order valence-corrected chi connectivity index (χ4v) is 5.84. The molecule has 2 fully saturated rings. The van der Waals surface area contributed by atoms with Crippen molar-refractivity contribution in [3.05, 3.63) is 70.7 Å². The van der Waals surface area contributed by atoms with Gasteiger partial charge in [0.25, 0.3) is 11.8 Å². The van der Waals surface area contributed by atoms with E-state index >= 15 is 0 Å². The van der Waals surface area contributed by atoms with Gasteiger partial charge in [-0.1, -0.05) is 65.0 Å². The highest BCUT2D eigenvalue weighted by Gasteiger charge is 2.48. The van der Waals surface area contributed by atoms with Gasteiger partial charge in [-0.05, 0) is 12.5 Å². The molecule has 1 aliphatic carbocycles. The zero-order valence-corrected chi connectivity index (χ0v) is 21.4. The molecule has 0 unspecified atom stereocenters. The van der Waals surface area contributed by atoms with Gasteiger partial charge in [-0.3, -0.25) is 4.79 Å². The molecular weight excluding hydrogens is 547 g/mol. The van der Waals surface area contributed by atoms with Gasteiger partial charge in [0.1, 0.15) is 5.00 Å². The van der Waals surface area contributed by atoms with Crippen LogP contribution in [0.4, 0.5) is 29.9 Å². The van der Waals surface area contributed by atoms with Crippen LogP contribution in [0, 0.1) is 0 Å². The number of thiazole rings is 1. The molecule has 0 radical (unpaired) electrons. The van der Waals surface area contributed by atoms with Crippen LogP contribution in [0.2, 0.25) is 0 Å². The van der Waals surface area contributed by atoms with Gasteiger partial charge in [-0.15, -0.1) is 5.10 Å². The van der Waals surface area contributed by atoms with Crippen molar-refractivity contribution in [3.63, 3.8) is 0 Å². The van der Waals surface area contributed by atoms with Crippen LogP contribution in [0.5, 0.6) is 0 Å². The Hall–Kier alpha value is -4.30. The number of nitrogens with one attached hydrogen (secondary N) is 2. The molecule has 1 amide bonds. The van der Waals surface area contributed by atoms with Crippen molar-refractivity contribution in [1.29, 1.82) is 0 Å². The molecule has 1 saturated carbocycles. The minimum Gasteiger partial charge on any atom is -0.402 e. The van der Waals surface area contributed by atoms with Crippen LogP contribution in [0.1, 0.15) is 22.6 Å². The van der Waals surface area contributed by atoms with E-state index in [0.29, 0.717) is 40.9 Å². The number of anilines is 3. The van der Waals surface area contributed by atoms with E-state index in [1.54, 1.807) is 12.1 Å². The van der Waals surface area contributed by atoms with E-state index in [4.69, 9.17) is 9.15 Å². The SMILES string of the molecule is O=C1Nc2ccccc2C(c2ccccc2)=N[C@@H]1Nc1nnc(-c2nc(C(F)(F)F)sc2N2CCO[C@H]3C[C@H]32)o1. The van der Waals surface area contributed by atoms with Crippen LogP contribution >= 0.6 is 11.3 Å². The maximum absolute atomic E-state index is 13.6. The van der Waals surface area contributed by atoms with E-state index in [9.17, 15) is 18.0 Å². The summed E-state index contributed by atoms with van der Waals surface area (Å²) >= 11 is 0.537. The number of alkyl halides is 3. The summed E-state index contributed by atoms with van der Waals surface area (Å²) in [6, 6.07) is 16.5. The molecule has 2 N–H and O–H groups in total. The van der Waals surface area contributed by atoms with Crippen LogP contribution < -0.4 is 15.5 Å². The van der Waals surface area contributed by atoms with Crippen LogP contribution in [-0.2, 0) is 15.7 Å². The third-order valence-corrected chi connectivity index (χ3v) is 7.90. The molecule has 10 nitrogen and oxygen atoms in total. The van der Waals surface area contributed by atoms with Gasteiger partial charge in [-0.2, -0.15) is 13.2 Å². The summed E-state index contributed by atoms with van der Waals surface area (Å²) < 4.78 is 52.2. The fraction of sp³-hybridized carbons (Fsp3) is 0.269. The van der Waals surface area contributed by atoms with Crippen LogP contribution in [0.15, 0.2) is 64.0 Å². The molecule has 0 bridgehead atoms. The van der Waals surface area contributed by atoms with Gasteiger partial charge in [0, 0.05) is 17.7 Å². The summed E-state index contributed by atoms with van der Waals surface area (Å²) in [5, 5.41) is 12.9. The molecule has 3 aliphatic rings. The van der Waals surface area contributed by atoms with Crippen LogP contribution in [0.3, 0.4) is 0 Å². The lowest BCUT2D eigenvalue weighted by atomic mass is 10.0. The molecule has 40 heavy (non-hydrogen) atoms. The Morgan fingerprint density at radius 1 is 1.07 bits per heavy atom. The molecule has 7 rings (SSSR count). The monoisotopic (exact) mass is 567 g/mol. The number of carbonyl (C=O) groups excluding carboxylic acids is 1. The summed E-state index contributed by atoms with van der Waals surface area (Å²) in [6.07, 6.45) is -5.07. The molecule has 14 heteroatoms. The van der Waals surface area contributed by atoms with E-state index in [-0.39, 0.29) is 29.7 Å². The fourth-order valence-electron chi connectivity index (χ4n) is 4.83. The third kappa shape index (κ3) is 4.48. The van der Waals surface area contributed by atoms with Crippen LogP contribution in [0.25, 0.3) is 11.6 Å². The average molecular weight is 568 g/mol. The van der Waals surface area contributed by atoms with E-state index < -0.39 is 23.3 Å². The highest BCUT2D eigenvalue weighted by molar-refractivity contribution is 7.16. The molecule has 204 valence electrons. The van der Waals surface area contributed by atoms with E-state index in [1.807, 2.05) is 47.4 Å². The number of benzodiazepines with no additional fused rings is 1. The standard InChI is InChI=1S/C26H20F3N7O3S/c27-26(28,29)24-32-19(23(40-24)36-10-11-38-17-12-16(17)36)22-34-35-25(39-22)33-20-21(37)30-15-9-5-4-8-14(15)18(31-20)13-6-2-1-3-7-13/h1-9,16-17,20H,10-12H2,(H,30,37)(H,33,35)/t16-,17+,20-/m1/s1. The van der Waals surface area contributed by atoms with Crippen molar-refractivity contribution in [1.82, 2.24) is 15.2 Å². The van der Waals surface area contributed by atoms with Crippen molar-refractivity contribution in [2.45, 2.75) is 30.9 Å². The Kier molecular flexibility index (Phi) is 5.82. The number of amides is 1. The van der Waals surface area contributed by atoms with Gasteiger partial charge in [-0.25, -0.2) is 9.98 Å². The highest BCUT2D eigenvalue weighted by Crippen LogP contribution is 2.47. The number of hydrogen-bond donors (Lipinski definition) is 2. The highest BCUT2D eigenvalue weighted by atomic mass is 32.1. The number of para-hydroxylation sites is 1. The Labute approximate surface area is 228 Å². The first-order chi connectivity index (χ1) is 19.3. The second kappa shape index (κ2) is 9.41. The first kappa shape index (κ1) is 24.7. The topological polar surface area (TPSA) is 118 Å². The van der Waals surface area contributed by atoms with Crippen LogP contribution in [-0.4, -0.2) is 58.3 Å². The third-order valence-electron chi connectivity index (χ3n) is 6.76. The zero-order valence-electron chi connectivity index (χ0n) is 20.6. The number of morpholine rings is 1. The normalized spacial score (nSPS) is 22.1. The summed E-state index contributed by atoms with van der Waals surface area (Å²) in [4.78, 5) is 23.5. The summed E-state index contributed by atoms with van der Waals surface area (Å²) in [6.45, 7) is 0.824. The van der Waals surface area contributed by atoms with Crippen molar-refractivity contribution >= 4 is 39.7 Å². The molecule has 4 heterocycles. The second-order valence-electron chi connectivity index (χ2n) is 9.41. The number of ether oxygens (including phenoxy) is 1. The maximum Gasteiger partial charge on any atom is 0.443 e. The number of aliphatic imine (C=N–C) groups is 1. The number of halogens is 3. The van der Waals surface area contributed by atoms with E-state index in [1.165, 1.54) is 0 Å². The summed E-state index contributed by atoms with van der Waals surface area (Å²) in [7, 11) is 0. The number of fused-ring (bicyclic) bond motifs is 2. The average Bonchev–Trinajstić information content (AvgIpc) is 3.42. The first-order valence-electron chi connectivity index (χ1n) is 12.5. The molecule has 2 aromatic carbocycles. The van der Waals surface area contributed by atoms with E-state index in [0.717, 1.165) is 17.5 Å². The predicted octanol–water partition coefficient (Wildman–Crippen LogP) is 4.42. The lowest BCUT2D eigenvalue weighted by molar-refractivity contribution is -0.137. The number of carbonyl (C=O) groups is 1. The minimum absolute atomic E-state index is 0.00695. The minimum atomic E-state index is -4.63. The molecule has 0 spiro atoms. The van der Waals surface area contributed by atoms with Crippen molar-refractivity contribution < 1.29 is 27.1 Å². The lowest BCUT2D eigenvalue weighted by Crippen LogP contribution is -2.36. The molecule has 2 aromatic heterocycles. The quantitative estimate of drug-likeness (QED) is 0.364. The van der Waals surface area contributed by atoms with Crippen molar-refractivity contribution in [2.24, 2.45) is 4.99 Å². The molecule has 4 aromatic rings. The molecule has 1 saturated heterocycles. The predicted molar refractivity (Wildman–Crippen MR) is 140 cm³/mol. The summed E-state index contributed by atoms with van der Waals surface area (Å²) in [5.41, 5.74) is 2.61. The number of aromatic nitrogens is 3.